The standard InChI is InChI=1S/C17H20N2OS/c1-2-14-7-8-15(21-14)11-19-17(20)16-9-12-5-3-4-6-13(12)10-18-16/h3-8,16,18H,2,9-11H2,1H3,(H,19,20). The van der Waals surface area contributed by atoms with Crippen molar-refractivity contribution < 1.29 is 4.79 Å². The fourth-order valence-corrected chi connectivity index (χ4v) is 3.54. The molecule has 1 amide bonds. The Balaban J connectivity index is 1.57. The number of fused-ring (bicyclic) bond motifs is 1. The van der Waals surface area contributed by atoms with E-state index in [4.69, 9.17) is 0 Å². The Morgan fingerprint density at radius 1 is 1.24 bits per heavy atom. The van der Waals surface area contributed by atoms with Crippen LogP contribution in [0, 0.1) is 0 Å². The highest BCUT2D eigenvalue weighted by Crippen LogP contribution is 2.18. The van der Waals surface area contributed by atoms with E-state index in [0.29, 0.717) is 6.54 Å². The molecule has 0 bridgehead atoms. The van der Waals surface area contributed by atoms with Crippen molar-refractivity contribution in [2.45, 2.75) is 38.9 Å². The number of thiophene rings is 1. The summed E-state index contributed by atoms with van der Waals surface area (Å²) in [5, 5.41) is 6.36. The van der Waals surface area contributed by atoms with Crippen molar-refractivity contribution in [3.05, 3.63) is 57.3 Å². The van der Waals surface area contributed by atoms with E-state index in [1.165, 1.54) is 20.9 Å². The molecule has 1 aromatic heterocycles. The van der Waals surface area contributed by atoms with Crippen molar-refractivity contribution in [2.24, 2.45) is 0 Å². The molecule has 3 nitrogen and oxygen atoms in total. The lowest BCUT2D eigenvalue weighted by Crippen LogP contribution is -2.47. The Morgan fingerprint density at radius 3 is 2.76 bits per heavy atom. The predicted octanol–water partition coefficient (Wildman–Crippen LogP) is 2.64. The summed E-state index contributed by atoms with van der Waals surface area (Å²) < 4.78 is 0. The minimum absolute atomic E-state index is 0.0935. The normalized spacial score (nSPS) is 17.3. The molecule has 0 aliphatic carbocycles. The lowest BCUT2D eigenvalue weighted by molar-refractivity contribution is -0.123. The average molecular weight is 300 g/mol. The van der Waals surface area contributed by atoms with Crippen molar-refractivity contribution in [1.82, 2.24) is 10.6 Å². The van der Waals surface area contributed by atoms with Gasteiger partial charge in [0.25, 0.3) is 0 Å². The number of carbonyl (C=O) groups excluding carboxylic acids is 1. The SMILES string of the molecule is CCc1ccc(CNC(=O)C2Cc3ccccc3CN2)s1. The Kier molecular flexibility index (Phi) is 4.36. The maximum atomic E-state index is 12.3. The zero-order valence-corrected chi connectivity index (χ0v) is 13.0. The molecule has 1 atom stereocenters. The van der Waals surface area contributed by atoms with Crippen LogP contribution >= 0.6 is 11.3 Å². The molecule has 0 saturated carbocycles. The molecule has 0 saturated heterocycles. The van der Waals surface area contributed by atoms with E-state index < -0.39 is 0 Å². The van der Waals surface area contributed by atoms with E-state index in [2.05, 4.69) is 41.8 Å². The number of aryl methyl sites for hydroxylation is 1. The smallest absolute Gasteiger partial charge is 0.237 e. The third-order valence-electron chi connectivity index (χ3n) is 3.90. The number of rotatable bonds is 4. The van der Waals surface area contributed by atoms with Crippen LogP contribution in [-0.4, -0.2) is 11.9 Å². The maximum Gasteiger partial charge on any atom is 0.237 e. The van der Waals surface area contributed by atoms with Gasteiger partial charge in [0.15, 0.2) is 0 Å². The van der Waals surface area contributed by atoms with Crippen molar-refractivity contribution in [1.29, 1.82) is 0 Å². The zero-order valence-electron chi connectivity index (χ0n) is 12.2. The molecule has 110 valence electrons. The first-order valence-electron chi connectivity index (χ1n) is 7.41. The molecule has 0 spiro atoms. The first-order valence-corrected chi connectivity index (χ1v) is 8.23. The number of hydrogen-bond acceptors (Lipinski definition) is 3. The van der Waals surface area contributed by atoms with Crippen LogP contribution in [0.5, 0.6) is 0 Å². The van der Waals surface area contributed by atoms with Crippen LogP contribution < -0.4 is 10.6 Å². The van der Waals surface area contributed by atoms with Crippen LogP contribution in [0.2, 0.25) is 0 Å². The van der Waals surface area contributed by atoms with E-state index in [1.54, 1.807) is 11.3 Å². The van der Waals surface area contributed by atoms with E-state index in [9.17, 15) is 4.79 Å². The van der Waals surface area contributed by atoms with Crippen LogP contribution in [0.4, 0.5) is 0 Å². The topological polar surface area (TPSA) is 41.1 Å². The summed E-state index contributed by atoms with van der Waals surface area (Å²) >= 11 is 1.77. The molecule has 21 heavy (non-hydrogen) atoms. The number of carbonyl (C=O) groups is 1. The Labute approximate surface area is 129 Å². The van der Waals surface area contributed by atoms with Crippen LogP contribution in [0.15, 0.2) is 36.4 Å². The van der Waals surface area contributed by atoms with E-state index in [1.807, 2.05) is 12.1 Å². The van der Waals surface area contributed by atoms with Crippen LogP contribution in [-0.2, 0) is 30.7 Å². The van der Waals surface area contributed by atoms with E-state index >= 15 is 0 Å². The monoisotopic (exact) mass is 300 g/mol. The van der Waals surface area contributed by atoms with Gasteiger partial charge in [-0.1, -0.05) is 31.2 Å². The van der Waals surface area contributed by atoms with Crippen LogP contribution in [0.1, 0.15) is 27.8 Å². The number of nitrogens with one attached hydrogen (secondary N) is 2. The lowest BCUT2D eigenvalue weighted by atomic mass is 9.95. The van der Waals surface area contributed by atoms with Crippen LogP contribution in [0.3, 0.4) is 0 Å². The summed E-state index contributed by atoms with van der Waals surface area (Å²) in [6, 6.07) is 12.4. The number of hydrogen-bond donors (Lipinski definition) is 2. The van der Waals surface area contributed by atoms with Gasteiger partial charge in [0, 0.05) is 16.3 Å². The summed E-state index contributed by atoms with van der Waals surface area (Å²) in [4.78, 5) is 14.9. The molecule has 2 N–H and O–H groups in total. The third kappa shape index (κ3) is 3.34. The molecule has 2 aromatic rings. The maximum absolute atomic E-state index is 12.3. The minimum Gasteiger partial charge on any atom is -0.350 e. The van der Waals surface area contributed by atoms with Crippen molar-refractivity contribution in [3.63, 3.8) is 0 Å². The van der Waals surface area contributed by atoms with Crippen molar-refractivity contribution in [3.8, 4) is 0 Å². The second-order valence-electron chi connectivity index (χ2n) is 5.35. The molecule has 0 fully saturated rings. The van der Waals surface area contributed by atoms with Gasteiger partial charge < -0.3 is 10.6 Å². The fourth-order valence-electron chi connectivity index (χ4n) is 2.64. The highest BCUT2D eigenvalue weighted by molar-refractivity contribution is 7.11. The fraction of sp³-hybridized carbons (Fsp3) is 0.353. The summed E-state index contributed by atoms with van der Waals surface area (Å²) in [6.07, 6.45) is 1.83. The van der Waals surface area contributed by atoms with Gasteiger partial charge in [0.2, 0.25) is 5.91 Å². The van der Waals surface area contributed by atoms with Crippen molar-refractivity contribution >= 4 is 17.2 Å². The van der Waals surface area contributed by atoms with E-state index in [-0.39, 0.29) is 11.9 Å². The molecule has 2 heterocycles. The second kappa shape index (κ2) is 6.41. The molecule has 1 unspecified atom stereocenters. The summed E-state index contributed by atoms with van der Waals surface area (Å²) in [7, 11) is 0. The molecular formula is C17H20N2OS. The van der Waals surface area contributed by atoms with Gasteiger partial charge in [-0.2, -0.15) is 0 Å². The number of benzene rings is 1. The average Bonchev–Trinajstić information content (AvgIpc) is 3.00. The molecular weight excluding hydrogens is 280 g/mol. The first kappa shape index (κ1) is 14.3. The van der Waals surface area contributed by atoms with Gasteiger partial charge in [-0.25, -0.2) is 0 Å². The predicted molar refractivity (Wildman–Crippen MR) is 86.3 cm³/mol. The van der Waals surface area contributed by atoms with Gasteiger partial charge in [-0.05, 0) is 36.1 Å². The highest BCUT2D eigenvalue weighted by Gasteiger charge is 2.23. The molecule has 1 aromatic carbocycles. The molecule has 3 rings (SSSR count). The quantitative estimate of drug-likeness (QED) is 0.911. The summed E-state index contributed by atoms with van der Waals surface area (Å²) in [5.74, 6) is 0.0935. The van der Waals surface area contributed by atoms with Gasteiger partial charge in [0.1, 0.15) is 0 Å². The Morgan fingerprint density at radius 2 is 2.00 bits per heavy atom. The molecule has 1 aliphatic heterocycles. The lowest BCUT2D eigenvalue weighted by Gasteiger charge is -2.25. The van der Waals surface area contributed by atoms with Gasteiger partial charge in [-0.15, -0.1) is 11.3 Å². The third-order valence-corrected chi connectivity index (χ3v) is 5.13. The second-order valence-corrected chi connectivity index (χ2v) is 6.60. The van der Waals surface area contributed by atoms with Gasteiger partial charge in [0.05, 0.1) is 12.6 Å². The van der Waals surface area contributed by atoms with Crippen LogP contribution in [0.25, 0.3) is 0 Å². The molecule has 1 aliphatic rings. The van der Waals surface area contributed by atoms with E-state index in [0.717, 1.165) is 19.4 Å². The minimum atomic E-state index is -0.120. The highest BCUT2D eigenvalue weighted by atomic mass is 32.1. The Hall–Kier alpha value is -1.65. The Bertz CT molecular complexity index is 635. The largest absolute Gasteiger partial charge is 0.350 e. The summed E-state index contributed by atoms with van der Waals surface area (Å²) in [5.41, 5.74) is 2.58. The van der Waals surface area contributed by atoms with Crippen molar-refractivity contribution in [2.75, 3.05) is 0 Å². The summed E-state index contributed by atoms with van der Waals surface area (Å²) in [6.45, 7) is 3.55. The van der Waals surface area contributed by atoms with Gasteiger partial charge in [-0.3, -0.25) is 4.79 Å². The first-order chi connectivity index (χ1) is 10.3. The van der Waals surface area contributed by atoms with Gasteiger partial charge >= 0.3 is 0 Å². The molecule has 4 heteroatoms. The number of amides is 1. The zero-order chi connectivity index (χ0) is 14.7. The molecule has 0 radical (unpaired) electrons.